The average Bonchev–Trinajstić information content (AvgIpc) is 2.83. The highest BCUT2D eigenvalue weighted by Crippen LogP contribution is 2.28. The third-order valence-electron chi connectivity index (χ3n) is 5.57. The van der Waals surface area contributed by atoms with E-state index in [1.165, 1.54) is 11.1 Å². The molecule has 5 heteroatoms. The van der Waals surface area contributed by atoms with Crippen molar-refractivity contribution in [3.05, 3.63) is 108 Å². The Kier molecular flexibility index (Phi) is 8.57. The van der Waals surface area contributed by atoms with Crippen LogP contribution in [-0.2, 0) is 32.5 Å². The highest BCUT2D eigenvalue weighted by Gasteiger charge is 2.45. The van der Waals surface area contributed by atoms with Gasteiger partial charge < -0.3 is 19.0 Å². The molecule has 1 unspecified atom stereocenters. The predicted molar refractivity (Wildman–Crippen MR) is 128 cm³/mol. The topological polar surface area (TPSA) is 53.7 Å². The molecule has 0 spiro atoms. The van der Waals surface area contributed by atoms with Crippen LogP contribution in [0.1, 0.15) is 23.1 Å². The van der Waals surface area contributed by atoms with E-state index in [4.69, 9.17) is 19.0 Å². The summed E-state index contributed by atoms with van der Waals surface area (Å²) < 4.78 is 18.5. The molecule has 3 aromatic rings. The standard InChI is InChI=1S/C26H33NO3Si/c1-28-31(29-2,21-19-24-14-8-4-9-15-24)30-26(27,22-25-16-10-5-11-17-25)20-18-23-12-6-3-7-13-23/h3-17H,18-22,27H2,1-2H3. The largest absolute Gasteiger partial charge is 0.502 e. The van der Waals surface area contributed by atoms with Crippen molar-refractivity contribution in [2.45, 2.75) is 37.5 Å². The summed E-state index contributed by atoms with van der Waals surface area (Å²) in [5.41, 5.74) is 9.64. The van der Waals surface area contributed by atoms with E-state index in [1.807, 2.05) is 42.5 Å². The summed E-state index contributed by atoms with van der Waals surface area (Å²) >= 11 is 0. The molecule has 1 atom stereocenters. The molecule has 2 N–H and O–H groups in total. The number of hydrogen-bond donors (Lipinski definition) is 1. The first kappa shape index (κ1) is 23.4. The number of rotatable bonds is 12. The fourth-order valence-corrected chi connectivity index (χ4v) is 6.02. The molecule has 3 rings (SSSR count). The summed E-state index contributed by atoms with van der Waals surface area (Å²) in [6.45, 7) is 0. The van der Waals surface area contributed by atoms with Gasteiger partial charge in [0, 0.05) is 26.7 Å². The van der Waals surface area contributed by atoms with Crippen molar-refractivity contribution in [1.82, 2.24) is 0 Å². The molecular formula is C26H33NO3Si. The molecule has 4 nitrogen and oxygen atoms in total. The molecule has 0 aliphatic rings. The SMILES string of the molecule is CO[Si](CCc1ccccc1)(OC)OC(N)(CCc1ccccc1)Cc1ccccc1. The van der Waals surface area contributed by atoms with Crippen molar-refractivity contribution < 1.29 is 13.3 Å². The lowest BCUT2D eigenvalue weighted by atomic mass is 9.96. The van der Waals surface area contributed by atoms with Gasteiger partial charge in [-0.1, -0.05) is 91.0 Å². The van der Waals surface area contributed by atoms with E-state index in [2.05, 4.69) is 48.5 Å². The van der Waals surface area contributed by atoms with E-state index >= 15 is 0 Å². The van der Waals surface area contributed by atoms with Gasteiger partial charge in [-0.15, -0.1) is 0 Å². The van der Waals surface area contributed by atoms with Gasteiger partial charge in [0.15, 0.2) is 0 Å². The minimum atomic E-state index is -2.98. The van der Waals surface area contributed by atoms with E-state index in [0.29, 0.717) is 18.9 Å². The van der Waals surface area contributed by atoms with Crippen LogP contribution in [-0.4, -0.2) is 28.7 Å². The zero-order chi connectivity index (χ0) is 22.0. The van der Waals surface area contributed by atoms with Crippen LogP contribution in [0, 0.1) is 0 Å². The summed E-state index contributed by atoms with van der Waals surface area (Å²) in [5, 5.41) is 0. The fourth-order valence-electron chi connectivity index (χ4n) is 3.79. The van der Waals surface area contributed by atoms with Gasteiger partial charge in [0.05, 0.1) is 0 Å². The molecule has 0 radical (unpaired) electrons. The molecule has 0 bridgehead atoms. The average molecular weight is 436 g/mol. The van der Waals surface area contributed by atoms with Crippen molar-refractivity contribution in [1.29, 1.82) is 0 Å². The Balaban J connectivity index is 1.79. The zero-order valence-electron chi connectivity index (χ0n) is 18.5. The van der Waals surface area contributed by atoms with Crippen molar-refractivity contribution in [3.8, 4) is 0 Å². The van der Waals surface area contributed by atoms with Crippen LogP contribution in [0.15, 0.2) is 91.0 Å². The van der Waals surface area contributed by atoms with Gasteiger partial charge >= 0.3 is 8.80 Å². The summed E-state index contributed by atoms with van der Waals surface area (Å²) in [7, 11) is 0.356. The maximum absolute atomic E-state index is 6.94. The molecule has 0 saturated heterocycles. The van der Waals surface area contributed by atoms with Gasteiger partial charge in [-0.25, -0.2) is 0 Å². The van der Waals surface area contributed by atoms with Crippen LogP contribution in [0.2, 0.25) is 6.04 Å². The second kappa shape index (κ2) is 11.4. The Labute approximate surface area is 187 Å². The lowest BCUT2D eigenvalue weighted by Gasteiger charge is -2.38. The van der Waals surface area contributed by atoms with E-state index in [-0.39, 0.29) is 0 Å². The van der Waals surface area contributed by atoms with Gasteiger partial charge in [-0.2, -0.15) is 0 Å². The van der Waals surface area contributed by atoms with Crippen molar-refractivity contribution in [2.24, 2.45) is 5.73 Å². The molecule has 164 valence electrons. The van der Waals surface area contributed by atoms with Gasteiger partial charge in [0.25, 0.3) is 0 Å². The Bertz CT molecular complexity index is 888. The highest BCUT2D eigenvalue weighted by atomic mass is 28.4. The summed E-state index contributed by atoms with van der Waals surface area (Å²) in [6, 6.07) is 31.6. The smallest absolute Gasteiger partial charge is 0.377 e. The minimum absolute atomic E-state index is 0.591. The maximum atomic E-state index is 6.94. The zero-order valence-corrected chi connectivity index (χ0v) is 19.5. The first-order chi connectivity index (χ1) is 15.1. The quantitative estimate of drug-likeness (QED) is 0.321. The number of aryl methyl sites for hydroxylation is 2. The van der Waals surface area contributed by atoms with Crippen molar-refractivity contribution >= 4 is 8.80 Å². The molecule has 0 saturated carbocycles. The van der Waals surface area contributed by atoms with E-state index in [1.54, 1.807) is 14.2 Å². The van der Waals surface area contributed by atoms with Gasteiger partial charge in [-0.05, 0) is 36.0 Å². The van der Waals surface area contributed by atoms with Gasteiger partial charge in [-0.3, -0.25) is 0 Å². The third kappa shape index (κ3) is 7.13. The Morgan fingerprint density at radius 1 is 0.677 bits per heavy atom. The number of nitrogens with two attached hydrogens (primary N) is 1. The normalized spacial score (nSPS) is 13.6. The minimum Gasteiger partial charge on any atom is -0.377 e. The summed E-state index contributed by atoms with van der Waals surface area (Å²) in [6.07, 6.45) is 2.89. The van der Waals surface area contributed by atoms with Crippen molar-refractivity contribution in [3.63, 3.8) is 0 Å². The second-order valence-corrected chi connectivity index (χ2v) is 10.8. The van der Waals surface area contributed by atoms with Gasteiger partial charge in [0.2, 0.25) is 0 Å². The Morgan fingerprint density at radius 3 is 1.61 bits per heavy atom. The molecule has 0 aromatic heterocycles. The third-order valence-corrected chi connectivity index (χ3v) is 8.39. The summed E-state index contributed by atoms with van der Waals surface area (Å²) in [4.78, 5) is 0. The molecule has 0 fully saturated rings. The van der Waals surface area contributed by atoms with Crippen LogP contribution in [0.5, 0.6) is 0 Å². The maximum Gasteiger partial charge on any atom is 0.502 e. The van der Waals surface area contributed by atoms with E-state index in [0.717, 1.165) is 18.4 Å². The van der Waals surface area contributed by atoms with Crippen LogP contribution in [0.4, 0.5) is 0 Å². The molecule has 3 aromatic carbocycles. The Morgan fingerprint density at radius 2 is 1.13 bits per heavy atom. The lowest BCUT2D eigenvalue weighted by molar-refractivity contribution is -0.0192. The van der Waals surface area contributed by atoms with Crippen molar-refractivity contribution in [2.75, 3.05) is 14.2 Å². The first-order valence-corrected chi connectivity index (χ1v) is 12.7. The first-order valence-electron chi connectivity index (χ1n) is 10.8. The predicted octanol–water partition coefficient (Wildman–Crippen LogP) is 5.01. The molecular weight excluding hydrogens is 402 g/mol. The van der Waals surface area contributed by atoms with Gasteiger partial charge in [0.1, 0.15) is 5.72 Å². The van der Waals surface area contributed by atoms with Crippen LogP contribution in [0.25, 0.3) is 0 Å². The molecule has 31 heavy (non-hydrogen) atoms. The Hall–Kier alpha value is -2.28. The number of hydrogen-bond acceptors (Lipinski definition) is 4. The molecule has 0 aliphatic carbocycles. The second-order valence-electron chi connectivity index (χ2n) is 7.89. The summed E-state index contributed by atoms with van der Waals surface area (Å²) in [5.74, 6) is 0. The fraction of sp³-hybridized carbons (Fsp3) is 0.308. The molecule has 0 aliphatic heterocycles. The lowest BCUT2D eigenvalue weighted by Crippen LogP contribution is -2.57. The number of benzene rings is 3. The van der Waals surface area contributed by atoms with E-state index < -0.39 is 14.5 Å². The highest BCUT2D eigenvalue weighted by molar-refractivity contribution is 6.60. The molecule has 0 heterocycles. The molecule has 0 amide bonds. The van der Waals surface area contributed by atoms with E-state index in [9.17, 15) is 0 Å². The van der Waals surface area contributed by atoms with Crippen LogP contribution < -0.4 is 5.73 Å². The van der Waals surface area contributed by atoms with Crippen LogP contribution in [0.3, 0.4) is 0 Å². The van der Waals surface area contributed by atoms with Crippen LogP contribution >= 0.6 is 0 Å². The monoisotopic (exact) mass is 435 g/mol.